The molecule has 1 aromatic heterocycles. The molecule has 0 aliphatic carbocycles. The first-order valence-electron chi connectivity index (χ1n) is 8.73. The Morgan fingerprint density at radius 2 is 1.96 bits per heavy atom. The number of nitrogens with zero attached hydrogens (tertiary/aromatic N) is 2. The van der Waals surface area contributed by atoms with Crippen LogP contribution in [0.4, 0.5) is 0 Å². The van der Waals surface area contributed by atoms with Crippen molar-refractivity contribution in [3.8, 4) is 5.75 Å². The average molecular weight is 336 g/mol. The molecule has 4 nitrogen and oxygen atoms in total. The quantitative estimate of drug-likeness (QED) is 0.631. The summed E-state index contributed by atoms with van der Waals surface area (Å²) >= 11 is 0. The van der Waals surface area contributed by atoms with Crippen molar-refractivity contribution in [2.45, 2.75) is 39.7 Å². The van der Waals surface area contributed by atoms with Crippen molar-refractivity contribution in [1.29, 1.82) is 0 Å². The third-order valence-corrected chi connectivity index (χ3v) is 4.28. The number of benzene rings is 2. The fourth-order valence-corrected chi connectivity index (χ4v) is 2.88. The lowest BCUT2D eigenvalue weighted by Gasteiger charge is -2.12. The molecule has 0 fully saturated rings. The van der Waals surface area contributed by atoms with Crippen molar-refractivity contribution in [2.24, 2.45) is 0 Å². The number of aromatic nitrogens is 2. The molecule has 0 aliphatic heterocycles. The van der Waals surface area contributed by atoms with E-state index in [0.29, 0.717) is 24.5 Å². The van der Waals surface area contributed by atoms with Crippen LogP contribution in [0.3, 0.4) is 0 Å². The minimum absolute atomic E-state index is 0.00301. The van der Waals surface area contributed by atoms with Crippen LogP contribution in [-0.4, -0.2) is 16.2 Å². The molecule has 1 heterocycles. The third-order valence-electron chi connectivity index (χ3n) is 4.28. The molecular formula is C21H24N2O2. The summed E-state index contributed by atoms with van der Waals surface area (Å²) in [5.74, 6) is 1.37. The second-order valence-corrected chi connectivity index (χ2v) is 6.70. The number of rotatable bonds is 6. The van der Waals surface area contributed by atoms with Gasteiger partial charge in [0.15, 0.2) is 0 Å². The van der Waals surface area contributed by atoms with Gasteiger partial charge in [0.2, 0.25) is 0 Å². The number of para-hydroxylation sites is 1. The molecule has 0 spiro atoms. The number of fused-ring (bicyclic) bond motifs is 1. The van der Waals surface area contributed by atoms with E-state index in [1.165, 1.54) is 11.1 Å². The highest BCUT2D eigenvalue weighted by Crippen LogP contribution is 2.22. The van der Waals surface area contributed by atoms with Crippen molar-refractivity contribution in [3.05, 3.63) is 70.3 Å². The van der Waals surface area contributed by atoms with Crippen LogP contribution < -0.4 is 10.3 Å². The van der Waals surface area contributed by atoms with Crippen LogP contribution in [0.1, 0.15) is 37.3 Å². The molecule has 25 heavy (non-hydrogen) atoms. The zero-order valence-corrected chi connectivity index (χ0v) is 15.0. The maximum atomic E-state index is 12.4. The van der Waals surface area contributed by atoms with Gasteiger partial charge in [-0.15, -0.1) is 0 Å². The highest BCUT2D eigenvalue weighted by Gasteiger charge is 2.05. The van der Waals surface area contributed by atoms with Gasteiger partial charge in [0.1, 0.15) is 5.75 Å². The first-order valence-corrected chi connectivity index (χ1v) is 8.73. The van der Waals surface area contributed by atoms with E-state index in [2.05, 4.69) is 44.0 Å². The molecule has 0 bridgehead atoms. The Bertz CT molecular complexity index is 929. The van der Waals surface area contributed by atoms with Crippen molar-refractivity contribution in [1.82, 2.24) is 9.55 Å². The SMILES string of the molecule is Cc1cc(OCCCn2cnc3ccccc3c2=O)cc(C(C)C)c1. The Hall–Kier alpha value is -2.62. The van der Waals surface area contributed by atoms with Crippen molar-refractivity contribution >= 4 is 10.9 Å². The molecule has 0 saturated carbocycles. The van der Waals surface area contributed by atoms with Crippen LogP contribution in [0.5, 0.6) is 5.75 Å². The molecular weight excluding hydrogens is 312 g/mol. The van der Waals surface area contributed by atoms with Gasteiger partial charge < -0.3 is 4.74 Å². The fourth-order valence-electron chi connectivity index (χ4n) is 2.88. The topological polar surface area (TPSA) is 44.1 Å². The minimum atomic E-state index is 0.00301. The summed E-state index contributed by atoms with van der Waals surface area (Å²) in [6, 6.07) is 13.8. The predicted molar refractivity (Wildman–Crippen MR) is 101 cm³/mol. The van der Waals surface area contributed by atoms with Crippen LogP contribution in [0.25, 0.3) is 10.9 Å². The van der Waals surface area contributed by atoms with Crippen molar-refractivity contribution in [3.63, 3.8) is 0 Å². The molecule has 0 saturated heterocycles. The molecule has 2 aromatic carbocycles. The van der Waals surface area contributed by atoms with E-state index in [1.807, 2.05) is 24.3 Å². The van der Waals surface area contributed by atoms with Gasteiger partial charge in [-0.1, -0.05) is 32.0 Å². The lowest BCUT2D eigenvalue weighted by atomic mass is 10.0. The van der Waals surface area contributed by atoms with Crippen molar-refractivity contribution < 1.29 is 4.74 Å². The average Bonchev–Trinajstić information content (AvgIpc) is 2.60. The fraction of sp³-hybridized carbons (Fsp3) is 0.333. The van der Waals surface area contributed by atoms with E-state index in [4.69, 9.17) is 4.74 Å². The van der Waals surface area contributed by atoms with E-state index in [9.17, 15) is 4.79 Å². The van der Waals surface area contributed by atoms with Gasteiger partial charge in [-0.05, 0) is 54.7 Å². The molecule has 0 radical (unpaired) electrons. The molecule has 4 heteroatoms. The zero-order chi connectivity index (χ0) is 17.8. The first-order chi connectivity index (χ1) is 12.0. The summed E-state index contributed by atoms with van der Waals surface area (Å²) in [6.07, 6.45) is 2.37. The lowest BCUT2D eigenvalue weighted by molar-refractivity contribution is 0.300. The Balaban J connectivity index is 1.62. The largest absolute Gasteiger partial charge is 0.494 e. The molecule has 3 aromatic rings. The predicted octanol–water partition coefficient (Wildman–Crippen LogP) is 4.30. The highest BCUT2D eigenvalue weighted by molar-refractivity contribution is 5.76. The van der Waals surface area contributed by atoms with E-state index < -0.39 is 0 Å². The second-order valence-electron chi connectivity index (χ2n) is 6.70. The van der Waals surface area contributed by atoms with E-state index in [1.54, 1.807) is 10.9 Å². The number of hydrogen-bond donors (Lipinski definition) is 0. The van der Waals surface area contributed by atoms with Crippen LogP contribution in [0.2, 0.25) is 0 Å². The van der Waals surface area contributed by atoms with Crippen LogP contribution in [0.15, 0.2) is 53.6 Å². The van der Waals surface area contributed by atoms with Gasteiger partial charge in [-0.2, -0.15) is 0 Å². The van der Waals surface area contributed by atoms with Crippen LogP contribution in [-0.2, 0) is 6.54 Å². The minimum Gasteiger partial charge on any atom is -0.494 e. The number of ether oxygens (including phenoxy) is 1. The first kappa shape index (κ1) is 17.2. The van der Waals surface area contributed by atoms with E-state index >= 15 is 0 Å². The van der Waals surface area contributed by atoms with Gasteiger partial charge in [0.05, 0.1) is 23.8 Å². The number of hydrogen-bond acceptors (Lipinski definition) is 3. The Kier molecular flexibility index (Phi) is 5.17. The summed E-state index contributed by atoms with van der Waals surface area (Å²) in [7, 11) is 0. The molecule has 0 aliphatic rings. The Labute approximate surface area is 148 Å². The standard InChI is InChI=1S/C21H24N2O2/c1-15(2)17-11-16(3)12-18(13-17)25-10-6-9-23-14-22-20-8-5-4-7-19(20)21(23)24/h4-5,7-8,11-15H,6,9-10H2,1-3H3. The van der Waals surface area contributed by atoms with Gasteiger partial charge in [0, 0.05) is 6.54 Å². The summed E-state index contributed by atoms with van der Waals surface area (Å²) in [5, 5.41) is 0.658. The summed E-state index contributed by atoms with van der Waals surface area (Å²) in [6.45, 7) is 7.61. The number of aryl methyl sites for hydroxylation is 2. The van der Waals surface area contributed by atoms with Crippen molar-refractivity contribution in [2.75, 3.05) is 6.61 Å². The maximum Gasteiger partial charge on any atom is 0.261 e. The Morgan fingerprint density at radius 1 is 1.16 bits per heavy atom. The highest BCUT2D eigenvalue weighted by atomic mass is 16.5. The molecule has 0 N–H and O–H groups in total. The summed E-state index contributed by atoms with van der Waals surface area (Å²) in [4.78, 5) is 16.8. The van der Waals surface area contributed by atoms with E-state index in [0.717, 1.165) is 17.7 Å². The van der Waals surface area contributed by atoms with Gasteiger partial charge >= 0.3 is 0 Å². The molecule has 130 valence electrons. The van der Waals surface area contributed by atoms with Crippen LogP contribution >= 0.6 is 0 Å². The van der Waals surface area contributed by atoms with Crippen LogP contribution in [0, 0.1) is 6.92 Å². The Morgan fingerprint density at radius 3 is 2.76 bits per heavy atom. The molecule has 0 amide bonds. The summed E-state index contributed by atoms with van der Waals surface area (Å²) in [5.41, 5.74) is 3.23. The third kappa shape index (κ3) is 4.08. The second kappa shape index (κ2) is 7.51. The molecule has 3 rings (SSSR count). The smallest absolute Gasteiger partial charge is 0.261 e. The maximum absolute atomic E-state index is 12.4. The normalized spacial score (nSPS) is 11.2. The molecule has 0 unspecified atom stereocenters. The van der Waals surface area contributed by atoms with Gasteiger partial charge in [-0.25, -0.2) is 4.98 Å². The lowest BCUT2D eigenvalue weighted by Crippen LogP contribution is -2.21. The van der Waals surface area contributed by atoms with Gasteiger partial charge in [0.25, 0.3) is 5.56 Å². The summed E-state index contributed by atoms with van der Waals surface area (Å²) < 4.78 is 7.55. The van der Waals surface area contributed by atoms with Gasteiger partial charge in [-0.3, -0.25) is 9.36 Å². The van der Waals surface area contributed by atoms with E-state index in [-0.39, 0.29) is 5.56 Å². The zero-order valence-electron chi connectivity index (χ0n) is 15.0. The molecule has 0 atom stereocenters. The monoisotopic (exact) mass is 336 g/mol.